The lowest BCUT2D eigenvalue weighted by molar-refractivity contribution is -0.117. The molecule has 1 heterocycles. The van der Waals surface area contributed by atoms with E-state index in [1.54, 1.807) is 16.8 Å². The number of carbonyl (C=O) groups excluding carboxylic acids is 1. The summed E-state index contributed by atoms with van der Waals surface area (Å²) in [5, 5.41) is 11.3. The molecule has 3 rings (SSSR count). The number of benzene rings is 1. The van der Waals surface area contributed by atoms with Crippen molar-refractivity contribution < 1.29 is 4.79 Å². The zero-order valence-electron chi connectivity index (χ0n) is 13.9. The third-order valence-electron chi connectivity index (χ3n) is 4.35. The van der Waals surface area contributed by atoms with Gasteiger partial charge in [0.15, 0.2) is 0 Å². The van der Waals surface area contributed by atoms with Gasteiger partial charge < -0.3 is 5.32 Å². The number of aromatic nitrogens is 3. The van der Waals surface area contributed by atoms with Crippen molar-refractivity contribution in [2.75, 3.05) is 0 Å². The summed E-state index contributed by atoms with van der Waals surface area (Å²) in [7, 11) is 0. The van der Waals surface area contributed by atoms with E-state index in [1.807, 2.05) is 24.4 Å². The van der Waals surface area contributed by atoms with E-state index in [0.29, 0.717) is 18.3 Å². The van der Waals surface area contributed by atoms with Crippen LogP contribution in [-0.2, 0) is 11.3 Å². The SMILES string of the molecule is O=C(/C=C/c1cn(Cc2ccccc2)nn1)NC1CCCCCC1. The first kappa shape index (κ1) is 16.4. The number of carbonyl (C=O) groups is 1. The zero-order valence-corrected chi connectivity index (χ0v) is 13.9. The van der Waals surface area contributed by atoms with E-state index in [9.17, 15) is 4.79 Å². The van der Waals surface area contributed by atoms with Crippen LogP contribution in [0.1, 0.15) is 49.8 Å². The summed E-state index contributed by atoms with van der Waals surface area (Å²) in [6.07, 6.45) is 12.3. The number of nitrogens with zero attached hydrogens (tertiary/aromatic N) is 3. The fourth-order valence-electron chi connectivity index (χ4n) is 3.07. The van der Waals surface area contributed by atoms with Crippen LogP contribution in [0.4, 0.5) is 0 Å². The second-order valence-corrected chi connectivity index (χ2v) is 6.36. The van der Waals surface area contributed by atoms with Gasteiger partial charge in [-0.3, -0.25) is 4.79 Å². The maximum Gasteiger partial charge on any atom is 0.244 e. The molecule has 126 valence electrons. The summed E-state index contributed by atoms with van der Waals surface area (Å²) >= 11 is 0. The highest BCUT2D eigenvalue weighted by molar-refractivity contribution is 5.91. The van der Waals surface area contributed by atoms with Crippen molar-refractivity contribution in [1.29, 1.82) is 0 Å². The molecule has 1 N–H and O–H groups in total. The third kappa shape index (κ3) is 5.05. The molecule has 5 nitrogen and oxygen atoms in total. The van der Waals surface area contributed by atoms with Crippen molar-refractivity contribution >= 4 is 12.0 Å². The summed E-state index contributed by atoms with van der Waals surface area (Å²) in [4.78, 5) is 12.0. The smallest absolute Gasteiger partial charge is 0.244 e. The van der Waals surface area contributed by atoms with E-state index in [2.05, 4.69) is 27.8 Å². The topological polar surface area (TPSA) is 59.8 Å². The normalized spacial score (nSPS) is 16.2. The van der Waals surface area contributed by atoms with Crippen LogP contribution in [0.2, 0.25) is 0 Å². The minimum Gasteiger partial charge on any atom is -0.350 e. The lowest BCUT2D eigenvalue weighted by atomic mass is 10.1. The largest absolute Gasteiger partial charge is 0.350 e. The van der Waals surface area contributed by atoms with Crippen LogP contribution in [0.25, 0.3) is 6.08 Å². The molecular formula is C19H24N4O. The Hall–Kier alpha value is -2.43. The predicted octanol–water partition coefficient (Wildman–Crippen LogP) is 3.18. The van der Waals surface area contributed by atoms with E-state index in [4.69, 9.17) is 0 Å². The molecule has 0 atom stereocenters. The molecule has 1 fully saturated rings. The van der Waals surface area contributed by atoms with E-state index >= 15 is 0 Å². The summed E-state index contributed by atoms with van der Waals surface area (Å²) in [5.41, 5.74) is 1.87. The third-order valence-corrected chi connectivity index (χ3v) is 4.35. The monoisotopic (exact) mass is 324 g/mol. The van der Waals surface area contributed by atoms with Crippen molar-refractivity contribution in [3.05, 3.63) is 53.9 Å². The van der Waals surface area contributed by atoms with Crippen LogP contribution in [0.15, 0.2) is 42.6 Å². The number of nitrogens with one attached hydrogen (secondary N) is 1. The van der Waals surface area contributed by atoms with E-state index in [1.165, 1.54) is 31.2 Å². The molecule has 5 heteroatoms. The van der Waals surface area contributed by atoms with Gasteiger partial charge in [-0.2, -0.15) is 0 Å². The van der Waals surface area contributed by atoms with Crippen molar-refractivity contribution in [3.63, 3.8) is 0 Å². The lowest BCUT2D eigenvalue weighted by Crippen LogP contribution is -2.33. The molecular weight excluding hydrogens is 300 g/mol. The zero-order chi connectivity index (χ0) is 16.6. The first-order valence-electron chi connectivity index (χ1n) is 8.72. The van der Waals surface area contributed by atoms with Gasteiger partial charge in [0.05, 0.1) is 12.7 Å². The Bertz CT molecular complexity index is 670. The van der Waals surface area contributed by atoms with Crippen LogP contribution in [0.5, 0.6) is 0 Å². The van der Waals surface area contributed by atoms with E-state index in [-0.39, 0.29) is 5.91 Å². The highest BCUT2D eigenvalue weighted by atomic mass is 16.1. The average Bonchev–Trinajstić information content (AvgIpc) is 2.88. The molecule has 1 amide bonds. The van der Waals surface area contributed by atoms with Crippen molar-refractivity contribution in [1.82, 2.24) is 20.3 Å². The van der Waals surface area contributed by atoms with Crippen LogP contribution >= 0.6 is 0 Å². The number of hydrogen-bond acceptors (Lipinski definition) is 3. The van der Waals surface area contributed by atoms with Gasteiger partial charge in [0.1, 0.15) is 5.69 Å². The Morgan fingerprint density at radius 1 is 1.17 bits per heavy atom. The molecule has 0 spiro atoms. The highest BCUT2D eigenvalue weighted by Gasteiger charge is 2.13. The van der Waals surface area contributed by atoms with Crippen LogP contribution in [0.3, 0.4) is 0 Å². The first-order valence-corrected chi connectivity index (χ1v) is 8.72. The molecule has 24 heavy (non-hydrogen) atoms. The van der Waals surface area contributed by atoms with Crippen molar-refractivity contribution in [2.24, 2.45) is 0 Å². The minimum absolute atomic E-state index is 0.0421. The fraction of sp³-hybridized carbons (Fsp3) is 0.421. The summed E-state index contributed by atoms with van der Waals surface area (Å²) < 4.78 is 1.78. The molecule has 0 radical (unpaired) electrons. The Balaban J connectivity index is 1.51. The molecule has 0 unspecified atom stereocenters. The quantitative estimate of drug-likeness (QED) is 0.679. The molecule has 1 aliphatic rings. The predicted molar refractivity (Wildman–Crippen MR) is 94.2 cm³/mol. The number of hydrogen-bond donors (Lipinski definition) is 1. The van der Waals surface area contributed by atoms with Gasteiger partial charge in [-0.1, -0.05) is 61.2 Å². The van der Waals surface area contributed by atoms with Gasteiger partial charge in [0.25, 0.3) is 0 Å². The van der Waals surface area contributed by atoms with Crippen molar-refractivity contribution in [3.8, 4) is 0 Å². The van der Waals surface area contributed by atoms with Crippen LogP contribution in [0, 0.1) is 0 Å². The molecule has 2 aromatic rings. The van der Waals surface area contributed by atoms with Crippen LogP contribution < -0.4 is 5.32 Å². The van der Waals surface area contributed by atoms with Gasteiger partial charge in [-0.15, -0.1) is 5.10 Å². The second-order valence-electron chi connectivity index (χ2n) is 6.36. The Kier molecular flexibility index (Phi) is 5.77. The average molecular weight is 324 g/mol. The molecule has 1 saturated carbocycles. The summed E-state index contributed by atoms with van der Waals surface area (Å²) in [5.74, 6) is -0.0421. The number of amides is 1. The van der Waals surface area contributed by atoms with Crippen LogP contribution in [-0.4, -0.2) is 26.9 Å². The maximum absolute atomic E-state index is 12.0. The van der Waals surface area contributed by atoms with Gasteiger partial charge in [-0.25, -0.2) is 4.68 Å². The molecule has 0 saturated heterocycles. The Labute approximate surface area is 142 Å². The molecule has 1 aliphatic carbocycles. The fourth-order valence-corrected chi connectivity index (χ4v) is 3.07. The van der Waals surface area contributed by atoms with Gasteiger partial charge >= 0.3 is 0 Å². The summed E-state index contributed by atoms with van der Waals surface area (Å²) in [6.45, 7) is 0.677. The molecule has 0 bridgehead atoms. The van der Waals surface area contributed by atoms with E-state index in [0.717, 1.165) is 12.8 Å². The molecule has 1 aromatic carbocycles. The van der Waals surface area contributed by atoms with Crippen molar-refractivity contribution in [2.45, 2.75) is 51.1 Å². The second kappa shape index (κ2) is 8.43. The minimum atomic E-state index is -0.0421. The lowest BCUT2D eigenvalue weighted by Gasteiger charge is -2.14. The first-order chi connectivity index (χ1) is 11.8. The number of rotatable bonds is 5. The standard InChI is InChI=1S/C19H24N4O/c24-19(20-17-10-6-1-2-7-11-17)13-12-18-15-23(22-21-18)14-16-8-4-3-5-9-16/h3-5,8-9,12-13,15,17H,1-2,6-7,10-11,14H2,(H,20,24)/b13-12+. The Morgan fingerprint density at radius 3 is 2.67 bits per heavy atom. The van der Waals surface area contributed by atoms with Gasteiger partial charge in [-0.05, 0) is 24.5 Å². The highest BCUT2D eigenvalue weighted by Crippen LogP contribution is 2.17. The molecule has 0 aliphatic heterocycles. The van der Waals surface area contributed by atoms with E-state index < -0.39 is 0 Å². The maximum atomic E-state index is 12.0. The van der Waals surface area contributed by atoms with Gasteiger partial charge in [0, 0.05) is 12.1 Å². The molecule has 1 aromatic heterocycles. The Morgan fingerprint density at radius 2 is 1.92 bits per heavy atom. The van der Waals surface area contributed by atoms with Gasteiger partial charge in [0.2, 0.25) is 5.91 Å². The summed E-state index contributed by atoms with van der Waals surface area (Å²) in [6, 6.07) is 10.4.